The molecule has 150 valence electrons. The largest absolute Gasteiger partial charge is 0.324 e. The third-order valence-electron chi connectivity index (χ3n) is 5.31. The quantitative estimate of drug-likeness (QED) is 0.677. The molecule has 1 aliphatic heterocycles. The van der Waals surface area contributed by atoms with Crippen LogP contribution in [0.3, 0.4) is 0 Å². The van der Waals surface area contributed by atoms with Gasteiger partial charge in [-0.25, -0.2) is 14.2 Å². The maximum atomic E-state index is 13.5. The van der Waals surface area contributed by atoms with Crippen molar-refractivity contribution in [3.8, 4) is 0 Å². The number of likely N-dealkylation sites (tertiary alicyclic amines) is 1. The molecule has 29 heavy (non-hydrogen) atoms. The zero-order valence-electron chi connectivity index (χ0n) is 15.9. The Morgan fingerprint density at radius 1 is 1.21 bits per heavy atom. The fourth-order valence-corrected chi connectivity index (χ4v) is 3.77. The minimum atomic E-state index is -0.461. The number of fused-ring (bicyclic) bond motifs is 1. The van der Waals surface area contributed by atoms with Crippen LogP contribution in [0.15, 0.2) is 47.5 Å². The van der Waals surface area contributed by atoms with E-state index in [1.54, 1.807) is 15.5 Å². The summed E-state index contributed by atoms with van der Waals surface area (Å²) in [5.74, 6) is -0.461. The predicted molar refractivity (Wildman–Crippen MR) is 111 cm³/mol. The summed E-state index contributed by atoms with van der Waals surface area (Å²) in [4.78, 5) is 31.3. The van der Waals surface area contributed by atoms with Gasteiger partial charge in [-0.15, -0.1) is 0 Å². The molecule has 2 heterocycles. The van der Waals surface area contributed by atoms with E-state index in [1.165, 1.54) is 24.5 Å². The molecule has 3 aromatic rings. The molecule has 1 N–H and O–H groups in total. The summed E-state index contributed by atoms with van der Waals surface area (Å²) in [6, 6.07) is 9.11. The maximum absolute atomic E-state index is 13.5. The van der Waals surface area contributed by atoms with E-state index in [2.05, 4.69) is 10.3 Å². The van der Waals surface area contributed by atoms with Gasteiger partial charge in [-0.3, -0.25) is 9.36 Å². The third-order valence-corrected chi connectivity index (χ3v) is 5.72. The molecule has 2 amide bonds. The van der Waals surface area contributed by atoms with Crippen LogP contribution in [0, 0.1) is 12.7 Å². The number of carbonyl (C=O) groups is 1. The molecular formula is C21H20ClFN4O2. The summed E-state index contributed by atoms with van der Waals surface area (Å²) in [6.07, 6.45) is 2.74. The highest BCUT2D eigenvalue weighted by Gasteiger charge is 2.25. The summed E-state index contributed by atoms with van der Waals surface area (Å²) in [6.45, 7) is 2.91. The van der Waals surface area contributed by atoms with Gasteiger partial charge < -0.3 is 10.2 Å². The van der Waals surface area contributed by atoms with Gasteiger partial charge in [-0.2, -0.15) is 0 Å². The number of carbonyl (C=O) groups excluding carboxylic acids is 1. The van der Waals surface area contributed by atoms with Crippen molar-refractivity contribution in [3.05, 3.63) is 69.5 Å². The number of aromatic nitrogens is 2. The van der Waals surface area contributed by atoms with Crippen LogP contribution in [0.25, 0.3) is 10.9 Å². The van der Waals surface area contributed by atoms with Crippen LogP contribution in [-0.4, -0.2) is 33.6 Å². The van der Waals surface area contributed by atoms with Crippen LogP contribution in [0.1, 0.15) is 24.4 Å². The highest BCUT2D eigenvalue weighted by atomic mass is 35.5. The van der Waals surface area contributed by atoms with E-state index >= 15 is 0 Å². The number of hydrogen-bond acceptors (Lipinski definition) is 3. The van der Waals surface area contributed by atoms with Crippen molar-refractivity contribution in [2.24, 2.45) is 0 Å². The standard InChI is InChI=1S/C21H20ClFN4O2/c1-13-2-4-15(11-18(13)22)25-21(29)26-8-6-16(7-9-26)27-12-24-19-5-3-14(23)10-17(19)20(27)28/h2-5,10-12,16H,6-9H2,1H3,(H,25,29). The number of nitrogens with one attached hydrogen (secondary N) is 1. The Balaban J connectivity index is 1.44. The molecule has 1 fully saturated rings. The summed E-state index contributed by atoms with van der Waals surface area (Å²) < 4.78 is 15.1. The minimum absolute atomic E-state index is 0.0828. The third kappa shape index (κ3) is 3.96. The highest BCUT2D eigenvalue weighted by molar-refractivity contribution is 6.31. The van der Waals surface area contributed by atoms with E-state index in [0.717, 1.165) is 5.56 Å². The summed E-state index contributed by atoms with van der Waals surface area (Å²) in [5.41, 5.74) is 1.80. The lowest BCUT2D eigenvalue weighted by Gasteiger charge is -2.32. The molecule has 1 saturated heterocycles. The van der Waals surface area contributed by atoms with Gasteiger partial charge in [0.05, 0.1) is 17.2 Å². The number of urea groups is 1. The second-order valence-corrected chi connectivity index (χ2v) is 7.64. The zero-order chi connectivity index (χ0) is 20.5. The molecule has 4 rings (SSSR count). The van der Waals surface area contributed by atoms with E-state index in [4.69, 9.17) is 11.6 Å². The van der Waals surface area contributed by atoms with Crippen LogP contribution in [0.5, 0.6) is 0 Å². The number of nitrogens with zero attached hydrogens (tertiary/aromatic N) is 3. The second kappa shape index (κ2) is 7.83. The number of rotatable bonds is 2. The summed E-state index contributed by atoms with van der Waals surface area (Å²) in [5, 5.41) is 3.72. The molecule has 0 saturated carbocycles. The van der Waals surface area contributed by atoms with Gasteiger partial charge in [0, 0.05) is 29.8 Å². The van der Waals surface area contributed by atoms with Crippen LogP contribution in [-0.2, 0) is 0 Å². The van der Waals surface area contributed by atoms with E-state index < -0.39 is 5.82 Å². The molecule has 0 atom stereocenters. The average molecular weight is 415 g/mol. The van der Waals surface area contributed by atoms with E-state index in [9.17, 15) is 14.0 Å². The molecule has 0 unspecified atom stereocenters. The smallest absolute Gasteiger partial charge is 0.321 e. The Morgan fingerprint density at radius 2 is 1.97 bits per heavy atom. The predicted octanol–water partition coefficient (Wildman–Crippen LogP) is 4.37. The van der Waals surface area contributed by atoms with E-state index in [1.807, 2.05) is 19.1 Å². The monoisotopic (exact) mass is 414 g/mol. The van der Waals surface area contributed by atoms with Gasteiger partial charge in [-0.05, 0) is 55.7 Å². The van der Waals surface area contributed by atoms with Gasteiger partial charge in [0.15, 0.2) is 0 Å². The number of hydrogen-bond donors (Lipinski definition) is 1. The Kier molecular flexibility index (Phi) is 5.24. The Bertz CT molecular complexity index is 1140. The first-order chi connectivity index (χ1) is 13.9. The van der Waals surface area contributed by atoms with Gasteiger partial charge in [0.2, 0.25) is 0 Å². The molecule has 8 heteroatoms. The van der Waals surface area contributed by atoms with Crippen molar-refractivity contribution in [1.82, 2.24) is 14.5 Å². The van der Waals surface area contributed by atoms with Crippen LogP contribution in [0.4, 0.5) is 14.9 Å². The van der Waals surface area contributed by atoms with Crippen LogP contribution >= 0.6 is 11.6 Å². The van der Waals surface area contributed by atoms with Crippen molar-refractivity contribution in [2.45, 2.75) is 25.8 Å². The SMILES string of the molecule is Cc1ccc(NC(=O)N2CCC(n3cnc4ccc(F)cc4c3=O)CC2)cc1Cl. The van der Waals surface area contributed by atoms with Gasteiger partial charge >= 0.3 is 6.03 Å². The zero-order valence-corrected chi connectivity index (χ0v) is 16.6. The van der Waals surface area contributed by atoms with Gasteiger partial charge in [0.1, 0.15) is 5.82 Å². The van der Waals surface area contributed by atoms with Crippen LogP contribution in [0.2, 0.25) is 5.02 Å². The lowest BCUT2D eigenvalue weighted by atomic mass is 10.0. The number of anilines is 1. The first kappa shape index (κ1) is 19.4. The summed E-state index contributed by atoms with van der Waals surface area (Å²) in [7, 11) is 0. The van der Waals surface area contributed by atoms with Gasteiger partial charge in [0.25, 0.3) is 5.56 Å². The molecule has 0 aliphatic carbocycles. The molecule has 0 radical (unpaired) electrons. The van der Waals surface area contributed by atoms with Crippen LogP contribution < -0.4 is 10.9 Å². The minimum Gasteiger partial charge on any atom is -0.324 e. The average Bonchev–Trinajstić information content (AvgIpc) is 2.72. The molecule has 1 aliphatic rings. The molecular weight excluding hydrogens is 395 g/mol. The number of benzene rings is 2. The lowest BCUT2D eigenvalue weighted by Crippen LogP contribution is -2.42. The number of amides is 2. The highest BCUT2D eigenvalue weighted by Crippen LogP contribution is 2.24. The van der Waals surface area contributed by atoms with E-state index in [-0.39, 0.29) is 23.0 Å². The van der Waals surface area contributed by atoms with Gasteiger partial charge in [-0.1, -0.05) is 17.7 Å². The molecule has 6 nitrogen and oxygen atoms in total. The normalized spacial score (nSPS) is 14.9. The fraction of sp³-hybridized carbons (Fsp3) is 0.286. The molecule has 0 spiro atoms. The van der Waals surface area contributed by atoms with Crippen molar-refractivity contribution in [3.63, 3.8) is 0 Å². The van der Waals surface area contributed by atoms with Crippen molar-refractivity contribution in [1.29, 1.82) is 0 Å². The molecule has 2 aromatic carbocycles. The lowest BCUT2D eigenvalue weighted by molar-refractivity contribution is 0.182. The Hall–Kier alpha value is -2.93. The fourth-order valence-electron chi connectivity index (χ4n) is 3.59. The first-order valence-electron chi connectivity index (χ1n) is 9.41. The molecule has 0 bridgehead atoms. The second-order valence-electron chi connectivity index (χ2n) is 7.23. The Morgan fingerprint density at radius 3 is 2.69 bits per heavy atom. The van der Waals surface area contributed by atoms with Crippen molar-refractivity contribution in [2.75, 3.05) is 18.4 Å². The first-order valence-corrected chi connectivity index (χ1v) is 9.78. The molecule has 1 aromatic heterocycles. The Labute approximate surface area is 171 Å². The topological polar surface area (TPSA) is 67.2 Å². The maximum Gasteiger partial charge on any atom is 0.321 e. The van der Waals surface area contributed by atoms with Crippen molar-refractivity contribution >= 4 is 34.2 Å². The van der Waals surface area contributed by atoms with E-state index in [0.29, 0.717) is 42.2 Å². The number of halogens is 2. The number of piperidine rings is 1. The summed E-state index contributed by atoms with van der Waals surface area (Å²) >= 11 is 6.11. The number of aryl methyl sites for hydroxylation is 1. The van der Waals surface area contributed by atoms with Crippen molar-refractivity contribution < 1.29 is 9.18 Å².